The monoisotopic (exact) mass is 250 g/mol. The van der Waals surface area contributed by atoms with Crippen LogP contribution in [0.4, 0.5) is 0 Å². The quantitative estimate of drug-likeness (QED) is 0.778. The molecule has 0 amide bonds. The van der Waals surface area contributed by atoms with Crippen LogP contribution in [0, 0.1) is 23.2 Å². The van der Waals surface area contributed by atoms with Crippen molar-refractivity contribution in [2.75, 3.05) is 13.1 Å². The second-order valence-electron chi connectivity index (χ2n) is 6.61. The maximum atomic E-state index is 10.2. The van der Waals surface area contributed by atoms with Crippen molar-refractivity contribution >= 4 is 0 Å². The second kappa shape index (κ2) is 5.59. The molecular weight excluding hydrogens is 224 g/mol. The number of nitrogens with zero attached hydrogens (tertiary/aromatic N) is 2. The Morgan fingerprint density at radius 3 is 2.78 bits per heavy atom. The molecule has 3 heteroatoms. The Bertz CT molecular complexity index is 321. The van der Waals surface area contributed by atoms with Crippen LogP contribution in [0.25, 0.3) is 0 Å². The molecule has 18 heavy (non-hydrogen) atoms. The third-order valence-corrected chi connectivity index (χ3v) is 4.81. The first-order valence-corrected chi connectivity index (χ1v) is 7.38. The van der Waals surface area contributed by atoms with Crippen LogP contribution >= 0.6 is 0 Å². The molecule has 4 atom stereocenters. The molecule has 2 fully saturated rings. The summed E-state index contributed by atoms with van der Waals surface area (Å²) in [5.74, 6) is 0.938. The SMILES string of the molecule is CC1CCC(C#N)C(N2CCCC(C)(O)CC2)C1. The van der Waals surface area contributed by atoms with Gasteiger partial charge in [0.2, 0.25) is 0 Å². The summed E-state index contributed by atoms with van der Waals surface area (Å²) < 4.78 is 0. The molecule has 0 aromatic heterocycles. The van der Waals surface area contributed by atoms with Gasteiger partial charge in [-0.2, -0.15) is 5.26 Å². The van der Waals surface area contributed by atoms with Crippen LogP contribution < -0.4 is 0 Å². The minimum absolute atomic E-state index is 0.198. The van der Waals surface area contributed by atoms with Crippen LogP contribution in [0.15, 0.2) is 0 Å². The Balaban J connectivity index is 2.02. The molecular formula is C15H26N2O. The molecule has 0 bridgehead atoms. The Morgan fingerprint density at radius 2 is 2.06 bits per heavy atom. The standard InChI is InChI=1S/C15H26N2O/c1-12-4-5-13(11-16)14(10-12)17-8-3-6-15(2,18)7-9-17/h12-14,18H,3-10H2,1-2H3. The lowest BCUT2D eigenvalue weighted by Gasteiger charge is -2.39. The predicted octanol–water partition coefficient (Wildman–Crippen LogP) is 2.55. The van der Waals surface area contributed by atoms with Gasteiger partial charge in [-0.1, -0.05) is 6.92 Å². The molecule has 1 aliphatic heterocycles. The van der Waals surface area contributed by atoms with Gasteiger partial charge in [-0.3, -0.25) is 4.90 Å². The van der Waals surface area contributed by atoms with Gasteiger partial charge in [0.25, 0.3) is 0 Å². The summed E-state index contributed by atoms with van der Waals surface area (Å²) in [5, 5.41) is 19.5. The number of likely N-dealkylation sites (tertiary alicyclic amines) is 1. The minimum Gasteiger partial charge on any atom is -0.390 e. The number of hydrogen-bond donors (Lipinski definition) is 1. The van der Waals surface area contributed by atoms with E-state index < -0.39 is 5.60 Å². The predicted molar refractivity (Wildman–Crippen MR) is 72.0 cm³/mol. The maximum Gasteiger partial charge on any atom is 0.0672 e. The van der Waals surface area contributed by atoms with Crippen LogP contribution in [0.5, 0.6) is 0 Å². The van der Waals surface area contributed by atoms with E-state index in [0.717, 1.165) is 51.1 Å². The van der Waals surface area contributed by atoms with E-state index in [2.05, 4.69) is 17.9 Å². The Morgan fingerprint density at radius 1 is 1.28 bits per heavy atom. The van der Waals surface area contributed by atoms with Gasteiger partial charge in [0.05, 0.1) is 17.6 Å². The highest BCUT2D eigenvalue weighted by Crippen LogP contribution is 2.34. The van der Waals surface area contributed by atoms with E-state index in [4.69, 9.17) is 0 Å². The first-order chi connectivity index (χ1) is 8.52. The van der Waals surface area contributed by atoms with Crippen molar-refractivity contribution in [3.8, 4) is 6.07 Å². The van der Waals surface area contributed by atoms with Crippen molar-refractivity contribution in [1.82, 2.24) is 4.90 Å². The Hall–Kier alpha value is -0.590. The molecule has 102 valence electrons. The zero-order chi connectivity index (χ0) is 13.2. The smallest absolute Gasteiger partial charge is 0.0672 e. The zero-order valence-electron chi connectivity index (χ0n) is 11.7. The van der Waals surface area contributed by atoms with Crippen LogP contribution in [-0.2, 0) is 0 Å². The highest BCUT2D eigenvalue weighted by molar-refractivity contribution is 4.98. The first-order valence-electron chi connectivity index (χ1n) is 7.38. The minimum atomic E-state index is -0.503. The van der Waals surface area contributed by atoms with E-state index in [-0.39, 0.29) is 5.92 Å². The van der Waals surface area contributed by atoms with E-state index in [9.17, 15) is 10.4 Å². The lowest BCUT2D eigenvalue weighted by Crippen LogP contribution is -2.44. The number of nitriles is 1. The van der Waals surface area contributed by atoms with Gasteiger partial charge in [-0.05, 0) is 57.9 Å². The van der Waals surface area contributed by atoms with Crippen molar-refractivity contribution < 1.29 is 5.11 Å². The van der Waals surface area contributed by atoms with Gasteiger partial charge in [0, 0.05) is 12.6 Å². The summed E-state index contributed by atoms with van der Waals surface area (Å²) in [6, 6.07) is 2.93. The highest BCUT2D eigenvalue weighted by Gasteiger charge is 2.35. The van der Waals surface area contributed by atoms with E-state index in [1.54, 1.807) is 0 Å². The second-order valence-corrected chi connectivity index (χ2v) is 6.61. The Kier molecular flexibility index (Phi) is 4.29. The summed E-state index contributed by atoms with van der Waals surface area (Å²) in [5.41, 5.74) is -0.503. The summed E-state index contributed by atoms with van der Waals surface area (Å²) in [4.78, 5) is 2.48. The molecule has 1 N–H and O–H groups in total. The van der Waals surface area contributed by atoms with E-state index in [1.807, 2.05) is 6.92 Å². The fraction of sp³-hybridized carbons (Fsp3) is 0.933. The van der Waals surface area contributed by atoms with Crippen LogP contribution in [0.1, 0.15) is 52.4 Å². The van der Waals surface area contributed by atoms with Gasteiger partial charge in [-0.15, -0.1) is 0 Å². The van der Waals surface area contributed by atoms with Gasteiger partial charge in [-0.25, -0.2) is 0 Å². The lowest BCUT2D eigenvalue weighted by molar-refractivity contribution is 0.0391. The first kappa shape index (κ1) is 13.8. The van der Waals surface area contributed by atoms with Crippen molar-refractivity contribution in [3.63, 3.8) is 0 Å². The maximum absolute atomic E-state index is 10.2. The third-order valence-electron chi connectivity index (χ3n) is 4.81. The summed E-state index contributed by atoms with van der Waals surface area (Å²) >= 11 is 0. The molecule has 0 radical (unpaired) electrons. The highest BCUT2D eigenvalue weighted by atomic mass is 16.3. The summed E-state index contributed by atoms with van der Waals surface area (Å²) in [6.45, 7) is 6.24. The molecule has 4 unspecified atom stereocenters. The Labute approximate surface area is 111 Å². The largest absolute Gasteiger partial charge is 0.390 e. The molecule has 0 aromatic rings. The normalized spacial score (nSPS) is 43.1. The zero-order valence-corrected chi connectivity index (χ0v) is 11.7. The van der Waals surface area contributed by atoms with E-state index >= 15 is 0 Å². The lowest BCUT2D eigenvalue weighted by atomic mass is 9.79. The van der Waals surface area contributed by atoms with Gasteiger partial charge in [0.1, 0.15) is 0 Å². The van der Waals surface area contributed by atoms with Crippen LogP contribution in [0.3, 0.4) is 0 Å². The van der Waals surface area contributed by atoms with Crippen molar-refractivity contribution in [1.29, 1.82) is 5.26 Å². The van der Waals surface area contributed by atoms with Crippen molar-refractivity contribution in [2.45, 2.75) is 64.0 Å². The molecule has 0 spiro atoms. The summed E-state index contributed by atoms with van der Waals surface area (Å²) in [7, 11) is 0. The number of rotatable bonds is 1. The van der Waals surface area contributed by atoms with Crippen LogP contribution in [0.2, 0.25) is 0 Å². The number of aliphatic hydroxyl groups is 1. The van der Waals surface area contributed by atoms with Gasteiger partial charge >= 0.3 is 0 Å². The van der Waals surface area contributed by atoms with Gasteiger partial charge < -0.3 is 5.11 Å². The summed E-state index contributed by atoms with van der Waals surface area (Å²) in [6.07, 6.45) is 6.19. The third kappa shape index (κ3) is 3.24. The molecule has 3 nitrogen and oxygen atoms in total. The average Bonchev–Trinajstić information content (AvgIpc) is 2.50. The topological polar surface area (TPSA) is 47.3 Å². The van der Waals surface area contributed by atoms with Gasteiger partial charge in [0.15, 0.2) is 0 Å². The molecule has 2 aliphatic rings. The number of hydrogen-bond acceptors (Lipinski definition) is 3. The van der Waals surface area contributed by atoms with Crippen LogP contribution in [-0.4, -0.2) is 34.7 Å². The fourth-order valence-corrected chi connectivity index (χ4v) is 3.52. The molecule has 1 saturated heterocycles. The average molecular weight is 250 g/mol. The molecule has 1 heterocycles. The molecule has 1 aliphatic carbocycles. The van der Waals surface area contributed by atoms with E-state index in [0.29, 0.717) is 6.04 Å². The molecule has 0 aromatic carbocycles. The van der Waals surface area contributed by atoms with E-state index in [1.165, 1.54) is 6.42 Å². The van der Waals surface area contributed by atoms with Crippen molar-refractivity contribution in [3.05, 3.63) is 0 Å². The van der Waals surface area contributed by atoms with Crippen molar-refractivity contribution in [2.24, 2.45) is 11.8 Å². The fourth-order valence-electron chi connectivity index (χ4n) is 3.52. The molecule has 1 saturated carbocycles. The molecule has 2 rings (SSSR count).